The Morgan fingerprint density at radius 2 is 2.00 bits per heavy atom. The maximum atomic E-state index is 12.7. The Kier molecular flexibility index (Phi) is 4.92. The number of ether oxygens (including phenoxy) is 1. The largest absolute Gasteiger partial charge is 0.497 e. The lowest BCUT2D eigenvalue weighted by molar-refractivity contribution is 0.206. The Labute approximate surface area is 185 Å². The van der Waals surface area contributed by atoms with Gasteiger partial charge < -0.3 is 15.0 Å². The van der Waals surface area contributed by atoms with Crippen molar-refractivity contribution in [3.05, 3.63) is 63.6 Å². The summed E-state index contributed by atoms with van der Waals surface area (Å²) in [5.74, 6) is 1.50. The number of rotatable bonds is 3. The fourth-order valence-electron chi connectivity index (χ4n) is 3.48. The van der Waals surface area contributed by atoms with Crippen LogP contribution in [0.5, 0.6) is 5.75 Å². The molecule has 30 heavy (non-hydrogen) atoms. The average Bonchev–Trinajstić information content (AvgIpc) is 3.33. The monoisotopic (exact) mass is 483 g/mol. The van der Waals surface area contributed by atoms with E-state index in [9.17, 15) is 4.79 Å². The molecule has 7 nitrogen and oxygen atoms in total. The van der Waals surface area contributed by atoms with Gasteiger partial charge in [0, 0.05) is 27.9 Å². The van der Waals surface area contributed by atoms with E-state index in [1.54, 1.807) is 18.4 Å². The molecule has 5 rings (SSSR count). The second kappa shape index (κ2) is 7.73. The minimum absolute atomic E-state index is 0.106. The molecule has 4 aromatic rings. The Balaban J connectivity index is 1.36. The van der Waals surface area contributed by atoms with Crippen LogP contribution in [0.1, 0.15) is 10.6 Å². The van der Waals surface area contributed by atoms with Crippen molar-refractivity contribution in [3.63, 3.8) is 0 Å². The van der Waals surface area contributed by atoms with Crippen molar-refractivity contribution >= 4 is 43.9 Å². The fourth-order valence-corrected chi connectivity index (χ4v) is 4.98. The van der Waals surface area contributed by atoms with Crippen molar-refractivity contribution < 1.29 is 9.53 Å². The summed E-state index contributed by atoms with van der Waals surface area (Å²) < 4.78 is 7.99. The summed E-state index contributed by atoms with van der Waals surface area (Å²) in [6.45, 7) is 1.19. The first kappa shape index (κ1) is 19.1. The van der Waals surface area contributed by atoms with Gasteiger partial charge in [0.15, 0.2) is 5.82 Å². The van der Waals surface area contributed by atoms with E-state index < -0.39 is 0 Å². The van der Waals surface area contributed by atoms with Gasteiger partial charge >= 0.3 is 6.03 Å². The van der Waals surface area contributed by atoms with Crippen LogP contribution in [0.4, 0.5) is 10.5 Å². The van der Waals surface area contributed by atoms with Crippen molar-refractivity contribution in [3.8, 4) is 17.1 Å². The normalized spacial score (nSPS) is 13.3. The minimum atomic E-state index is -0.106. The van der Waals surface area contributed by atoms with Crippen LogP contribution in [0.15, 0.2) is 53.0 Å². The molecule has 0 saturated heterocycles. The molecule has 0 atom stereocenters. The van der Waals surface area contributed by atoms with Gasteiger partial charge in [-0.1, -0.05) is 23.5 Å². The number of benzene rings is 2. The number of urea groups is 1. The molecule has 0 aliphatic carbocycles. The number of halogens is 1. The number of carbonyl (C=O) groups is 1. The van der Waals surface area contributed by atoms with Gasteiger partial charge in [-0.2, -0.15) is 4.98 Å². The van der Waals surface area contributed by atoms with Gasteiger partial charge in [0.1, 0.15) is 5.75 Å². The smallest absolute Gasteiger partial charge is 0.322 e. The molecule has 0 bridgehead atoms. The van der Waals surface area contributed by atoms with Crippen LogP contribution in [0.25, 0.3) is 16.3 Å². The van der Waals surface area contributed by atoms with E-state index in [0.29, 0.717) is 18.9 Å². The van der Waals surface area contributed by atoms with E-state index in [1.807, 2.05) is 57.9 Å². The summed E-state index contributed by atoms with van der Waals surface area (Å²) in [5.41, 5.74) is 2.85. The first-order valence-electron chi connectivity index (χ1n) is 9.44. The number of para-hydroxylation sites is 1. The molecule has 1 aliphatic heterocycles. The number of fused-ring (bicyclic) bond motifs is 3. The van der Waals surface area contributed by atoms with Gasteiger partial charge in [-0.15, -0.1) is 5.10 Å². The van der Waals surface area contributed by atoms with Gasteiger partial charge in [0.05, 0.1) is 25.0 Å². The molecule has 152 valence electrons. The summed E-state index contributed by atoms with van der Waals surface area (Å²) in [4.78, 5) is 21.2. The number of thiazole rings is 1. The third-order valence-electron chi connectivity index (χ3n) is 5.07. The third kappa shape index (κ3) is 3.44. The maximum absolute atomic E-state index is 12.7. The van der Waals surface area contributed by atoms with Crippen LogP contribution < -0.4 is 10.1 Å². The lowest BCUT2D eigenvalue weighted by Crippen LogP contribution is -2.38. The molecule has 0 radical (unpaired) electrons. The van der Waals surface area contributed by atoms with Crippen LogP contribution in [-0.2, 0) is 13.0 Å². The number of carbonyl (C=O) groups excluding carboxylic acids is 1. The van der Waals surface area contributed by atoms with Crippen LogP contribution in [0.2, 0.25) is 0 Å². The summed E-state index contributed by atoms with van der Waals surface area (Å²) in [7, 11) is 1.65. The molecular formula is C21H18BrN5O2S. The molecule has 0 unspecified atom stereocenters. The number of hydrogen-bond acceptors (Lipinski definition) is 5. The van der Waals surface area contributed by atoms with E-state index in [4.69, 9.17) is 14.8 Å². The quantitative estimate of drug-likeness (QED) is 0.453. The fraction of sp³-hybridized carbons (Fsp3) is 0.190. The van der Waals surface area contributed by atoms with Crippen molar-refractivity contribution in [1.29, 1.82) is 0 Å². The second-order valence-corrected chi connectivity index (χ2v) is 8.83. The molecule has 0 saturated carbocycles. The average molecular weight is 484 g/mol. The van der Waals surface area contributed by atoms with Crippen molar-refractivity contribution in [2.45, 2.75) is 13.0 Å². The van der Waals surface area contributed by atoms with E-state index in [0.717, 1.165) is 43.4 Å². The van der Waals surface area contributed by atoms with E-state index >= 15 is 0 Å². The summed E-state index contributed by atoms with van der Waals surface area (Å²) >= 11 is 5.06. The molecule has 0 spiro atoms. The zero-order chi connectivity index (χ0) is 20.7. The van der Waals surface area contributed by atoms with Gasteiger partial charge in [0.2, 0.25) is 4.96 Å². The lowest BCUT2D eigenvalue weighted by Gasteiger charge is -2.26. The van der Waals surface area contributed by atoms with Crippen molar-refractivity contribution in [2.24, 2.45) is 0 Å². The number of amides is 2. The molecule has 2 aromatic heterocycles. The number of aromatic nitrogens is 3. The summed E-state index contributed by atoms with van der Waals surface area (Å²) in [6.07, 6.45) is 0.740. The van der Waals surface area contributed by atoms with Crippen molar-refractivity contribution in [2.75, 3.05) is 19.0 Å². The number of methoxy groups -OCH3 is 1. The molecule has 0 fully saturated rings. The highest BCUT2D eigenvalue weighted by Crippen LogP contribution is 2.30. The highest BCUT2D eigenvalue weighted by molar-refractivity contribution is 9.10. The lowest BCUT2D eigenvalue weighted by atomic mass is 10.2. The van der Waals surface area contributed by atoms with E-state index in [2.05, 4.69) is 21.2 Å². The second-order valence-electron chi connectivity index (χ2n) is 6.91. The minimum Gasteiger partial charge on any atom is -0.497 e. The number of nitrogens with one attached hydrogen (secondary N) is 1. The number of nitrogens with zero attached hydrogens (tertiary/aromatic N) is 4. The van der Waals surface area contributed by atoms with Crippen LogP contribution in [0, 0.1) is 0 Å². The molecular weight excluding hydrogens is 466 g/mol. The molecule has 3 heterocycles. The molecule has 2 amide bonds. The Bertz CT molecular complexity index is 1230. The highest BCUT2D eigenvalue weighted by Gasteiger charge is 2.26. The van der Waals surface area contributed by atoms with Gasteiger partial charge in [-0.3, -0.25) is 0 Å². The van der Waals surface area contributed by atoms with E-state index in [-0.39, 0.29) is 6.03 Å². The van der Waals surface area contributed by atoms with Gasteiger partial charge in [-0.05, 0) is 52.3 Å². The number of anilines is 1. The molecule has 2 aromatic carbocycles. The first-order chi connectivity index (χ1) is 14.6. The SMILES string of the molecule is COc1ccc(-c2nc3sc4c(n3n2)CCN(C(=O)Nc2ccccc2Br)C4)cc1. The molecule has 1 N–H and O–H groups in total. The van der Waals surface area contributed by atoms with Crippen LogP contribution in [-0.4, -0.2) is 39.2 Å². The first-order valence-corrected chi connectivity index (χ1v) is 11.1. The van der Waals surface area contributed by atoms with Crippen molar-refractivity contribution in [1.82, 2.24) is 19.5 Å². The van der Waals surface area contributed by atoms with E-state index in [1.165, 1.54) is 0 Å². The van der Waals surface area contributed by atoms with Crippen LogP contribution >= 0.6 is 27.3 Å². The Morgan fingerprint density at radius 1 is 1.20 bits per heavy atom. The zero-order valence-electron chi connectivity index (χ0n) is 16.1. The predicted octanol–water partition coefficient (Wildman–Crippen LogP) is 4.82. The zero-order valence-corrected chi connectivity index (χ0v) is 18.5. The Hall–Kier alpha value is -2.91. The predicted molar refractivity (Wildman–Crippen MR) is 120 cm³/mol. The topological polar surface area (TPSA) is 71.8 Å². The summed E-state index contributed by atoms with van der Waals surface area (Å²) in [6, 6.07) is 15.2. The summed E-state index contributed by atoms with van der Waals surface area (Å²) in [5, 5.41) is 7.69. The van der Waals surface area contributed by atoms with Gasteiger partial charge in [-0.25, -0.2) is 9.31 Å². The number of hydrogen-bond donors (Lipinski definition) is 1. The van der Waals surface area contributed by atoms with Gasteiger partial charge in [0.25, 0.3) is 0 Å². The standard InChI is InChI=1S/C21H18BrN5O2S/c1-29-14-8-6-13(7-9-14)19-24-21-27(25-19)17-10-11-26(12-18(17)30-21)20(28)23-16-5-3-2-4-15(16)22/h2-9H,10-12H2,1H3,(H,23,28). The Morgan fingerprint density at radius 3 is 2.77 bits per heavy atom. The molecule has 1 aliphatic rings. The highest BCUT2D eigenvalue weighted by atomic mass is 79.9. The van der Waals surface area contributed by atoms with Crippen LogP contribution in [0.3, 0.4) is 0 Å². The molecule has 9 heteroatoms. The maximum Gasteiger partial charge on any atom is 0.322 e. The third-order valence-corrected chi connectivity index (χ3v) is 6.82.